The number of anilines is 2. The van der Waals surface area contributed by atoms with Crippen LogP contribution in [0.4, 0.5) is 11.4 Å². The zero-order valence-corrected chi connectivity index (χ0v) is 18.3. The van der Waals surface area contributed by atoms with Gasteiger partial charge in [0.15, 0.2) is 0 Å². The molecule has 0 saturated heterocycles. The van der Waals surface area contributed by atoms with E-state index in [2.05, 4.69) is 10.6 Å². The third kappa shape index (κ3) is 4.21. The van der Waals surface area contributed by atoms with E-state index in [0.29, 0.717) is 16.9 Å². The van der Waals surface area contributed by atoms with Crippen LogP contribution in [0.2, 0.25) is 0 Å². The highest BCUT2D eigenvalue weighted by Crippen LogP contribution is 2.31. The van der Waals surface area contributed by atoms with E-state index < -0.39 is 11.8 Å². The summed E-state index contributed by atoms with van der Waals surface area (Å²) in [6.45, 7) is 3.78. The lowest BCUT2D eigenvalue weighted by Gasteiger charge is -2.16. The number of aryl methyl sites for hydroxylation is 2. The van der Waals surface area contributed by atoms with Gasteiger partial charge in [-0.3, -0.25) is 14.4 Å². The minimum atomic E-state index is -0.578. The summed E-state index contributed by atoms with van der Waals surface area (Å²) in [5.74, 6) is -1.25. The van der Waals surface area contributed by atoms with Gasteiger partial charge >= 0.3 is 0 Å². The van der Waals surface area contributed by atoms with Gasteiger partial charge in [-0.15, -0.1) is 0 Å². The van der Waals surface area contributed by atoms with E-state index in [4.69, 9.17) is 11.6 Å². The highest BCUT2D eigenvalue weighted by molar-refractivity contribution is 6.53. The maximum atomic E-state index is 13.0. The van der Waals surface area contributed by atoms with Crippen molar-refractivity contribution in [2.45, 2.75) is 45.6 Å². The molecule has 2 N–H and O–H groups in total. The lowest BCUT2D eigenvalue weighted by Crippen LogP contribution is -2.33. The van der Waals surface area contributed by atoms with Crippen molar-refractivity contribution in [1.82, 2.24) is 5.32 Å². The van der Waals surface area contributed by atoms with Gasteiger partial charge in [0.2, 0.25) is 0 Å². The molecule has 1 saturated carbocycles. The second kappa shape index (κ2) is 8.55. The zero-order valence-electron chi connectivity index (χ0n) is 17.5. The lowest BCUT2D eigenvalue weighted by molar-refractivity contribution is -0.120. The second-order valence-electron chi connectivity index (χ2n) is 8.08. The van der Waals surface area contributed by atoms with E-state index in [-0.39, 0.29) is 22.7 Å². The fourth-order valence-electron chi connectivity index (χ4n) is 3.91. The molecule has 1 aliphatic carbocycles. The van der Waals surface area contributed by atoms with Crippen LogP contribution in [0.3, 0.4) is 0 Å². The predicted molar refractivity (Wildman–Crippen MR) is 121 cm³/mol. The second-order valence-corrected chi connectivity index (χ2v) is 8.46. The molecule has 0 spiro atoms. The summed E-state index contributed by atoms with van der Waals surface area (Å²) in [5.41, 5.74) is 3.34. The van der Waals surface area contributed by atoms with E-state index in [1.54, 1.807) is 30.3 Å². The van der Waals surface area contributed by atoms with Gasteiger partial charge in [0, 0.05) is 17.3 Å². The number of benzene rings is 2. The van der Waals surface area contributed by atoms with Gasteiger partial charge in [0.05, 0.1) is 5.69 Å². The number of nitrogens with one attached hydrogen (secondary N) is 2. The molecule has 6 nitrogen and oxygen atoms in total. The van der Waals surface area contributed by atoms with E-state index in [1.807, 2.05) is 26.0 Å². The van der Waals surface area contributed by atoms with Gasteiger partial charge in [-0.05, 0) is 56.5 Å². The summed E-state index contributed by atoms with van der Waals surface area (Å²) in [7, 11) is 0. The van der Waals surface area contributed by atoms with Gasteiger partial charge in [-0.2, -0.15) is 0 Å². The van der Waals surface area contributed by atoms with Crippen molar-refractivity contribution in [2.24, 2.45) is 0 Å². The number of hydrogen-bond acceptors (Lipinski definition) is 4. The minimum absolute atomic E-state index is 0.00342. The van der Waals surface area contributed by atoms with Crippen molar-refractivity contribution in [3.05, 3.63) is 69.9 Å². The SMILES string of the molecule is Cc1ccc(N2C(=O)C(Cl)=C(Nc3cc(C(=O)NC4CCCC4)ccc3C)C2=O)cc1. The molecule has 0 unspecified atom stereocenters. The van der Waals surface area contributed by atoms with E-state index >= 15 is 0 Å². The summed E-state index contributed by atoms with van der Waals surface area (Å²) >= 11 is 6.24. The van der Waals surface area contributed by atoms with Crippen molar-refractivity contribution in [3.63, 3.8) is 0 Å². The monoisotopic (exact) mass is 437 g/mol. The lowest BCUT2D eigenvalue weighted by atomic mass is 10.1. The number of amides is 3. The molecule has 4 rings (SSSR count). The maximum absolute atomic E-state index is 13.0. The van der Waals surface area contributed by atoms with Crippen LogP contribution in [-0.4, -0.2) is 23.8 Å². The van der Waals surface area contributed by atoms with Crippen molar-refractivity contribution < 1.29 is 14.4 Å². The van der Waals surface area contributed by atoms with Crippen molar-refractivity contribution >= 4 is 40.7 Å². The summed E-state index contributed by atoms with van der Waals surface area (Å²) in [6, 6.07) is 12.5. The molecule has 2 aliphatic rings. The van der Waals surface area contributed by atoms with Crippen LogP contribution >= 0.6 is 11.6 Å². The first kappa shape index (κ1) is 21.1. The van der Waals surface area contributed by atoms with E-state index in [0.717, 1.165) is 41.7 Å². The number of nitrogens with zero attached hydrogens (tertiary/aromatic N) is 1. The van der Waals surface area contributed by atoms with E-state index in [1.165, 1.54) is 0 Å². The first-order valence-corrected chi connectivity index (χ1v) is 10.8. The normalized spacial score (nSPS) is 16.9. The minimum Gasteiger partial charge on any atom is -0.349 e. The Balaban J connectivity index is 1.56. The molecule has 3 amide bonds. The molecule has 1 heterocycles. The first-order valence-electron chi connectivity index (χ1n) is 10.4. The predicted octanol–water partition coefficient (Wildman–Crippen LogP) is 4.41. The Hall–Kier alpha value is -3.12. The Labute approximate surface area is 186 Å². The molecule has 2 aromatic rings. The third-order valence-electron chi connectivity index (χ3n) is 5.77. The molecule has 31 heavy (non-hydrogen) atoms. The zero-order chi connectivity index (χ0) is 22.1. The summed E-state index contributed by atoms with van der Waals surface area (Å²) in [6.07, 6.45) is 4.26. The fourth-order valence-corrected chi connectivity index (χ4v) is 4.12. The Morgan fingerprint density at radius 1 is 1.00 bits per heavy atom. The van der Waals surface area contributed by atoms with Crippen LogP contribution in [0.5, 0.6) is 0 Å². The Bertz CT molecular complexity index is 1090. The molecule has 0 atom stereocenters. The summed E-state index contributed by atoms with van der Waals surface area (Å²) in [4.78, 5) is 39.4. The Morgan fingerprint density at radius 2 is 1.68 bits per heavy atom. The Kier molecular flexibility index (Phi) is 5.83. The molecule has 7 heteroatoms. The molecule has 0 radical (unpaired) electrons. The third-order valence-corrected chi connectivity index (χ3v) is 6.12. The van der Waals surface area contributed by atoms with Gasteiger partial charge < -0.3 is 10.6 Å². The van der Waals surface area contributed by atoms with Crippen LogP contribution in [0.25, 0.3) is 0 Å². The highest BCUT2D eigenvalue weighted by atomic mass is 35.5. The smallest absolute Gasteiger partial charge is 0.283 e. The number of imide groups is 1. The fraction of sp³-hybridized carbons (Fsp3) is 0.292. The maximum Gasteiger partial charge on any atom is 0.283 e. The quantitative estimate of drug-likeness (QED) is 0.679. The number of rotatable bonds is 5. The van der Waals surface area contributed by atoms with Gasteiger partial charge in [0.1, 0.15) is 10.7 Å². The average Bonchev–Trinajstić information content (AvgIpc) is 3.33. The molecule has 160 valence electrons. The van der Waals surface area contributed by atoms with Crippen LogP contribution in [0.1, 0.15) is 47.2 Å². The van der Waals surface area contributed by atoms with Gasteiger partial charge in [0.25, 0.3) is 17.7 Å². The molecule has 1 aliphatic heterocycles. The topological polar surface area (TPSA) is 78.5 Å². The number of hydrogen-bond donors (Lipinski definition) is 2. The molecule has 1 fully saturated rings. The van der Waals surface area contributed by atoms with Crippen molar-refractivity contribution in [3.8, 4) is 0 Å². The van der Waals surface area contributed by atoms with Crippen LogP contribution in [0.15, 0.2) is 53.2 Å². The summed E-state index contributed by atoms with van der Waals surface area (Å²) in [5, 5.41) is 5.88. The van der Waals surface area contributed by atoms with Gasteiger partial charge in [-0.25, -0.2) is 4.90 Å². The standard InChI is InChI=1S/C24H24ClN3O3/c1-14-7-11-18(12-8-14)28-23(30)20(25)21(24(28)31)27-19-13-16(10-9-15(19)2)22(29)26-17-5-3-4-6-17/h7-13,17,27H,3-6H2,1-2H3,(H,26,29). The molecular weight excluding hydrogens is 414 g/mol. The molecule has 0 bridgehead atoms. The molecular formula is C24H24ClN3O3. The van der Waals surface area contributed by atoms with Crippen LogP contribution in [0, 0.1) is 13.8 Å². The van der Waals surface area contributed by atoms with Crippen LogP contribution < -0.4 is 15.5 Å². The molecule has 0 aromatic heterocycles. The number of halogens is 1. The average molecular weight is 438 g/mol. The first-order chi connectivity index (χ1) is 14.8. The molecule has 2 aromatic carbocycles. The van der Waals surface area contributed by atoms with Crippen LogP contribution in [-0.2, 0) is 9.59 Å². The summed E-state index contributed by atoms with van der Waals surface area (Å²) < 4.78 is 0. The number of carbonyl (C=O) groups is 3. The highest BCUT2D eigenvalue weighted by Gasteiger charge is 2.39. The number of carbonyl (C=O) groups excluding carboxylic acids is 3. The van der Waals surface area contributed by atoms with Crippen molar-refractivity contribution in [1.29, 1.82) is 0 Å². The van der Waals surface area contributed by atoms with Crippen molar-refractivity contribution in [2.75, 3.05) is 10.2 Å². The largest absolute Gasteiger partial charge is 0.349 e. The van der Waals surface area contributed by atoms with E-state index in [9.17, 15) is 14.4 Å². The van der Waals surface area contributed by atoms with Gasteiger partial charge in [-0.1, -0.05) is 48.2 Å². The Morgan fingerprint density at radius 3 is 2.35 bits per heavy atom.